The molecule has 0 spiro atoms. The molecule has 0 radical (unpaired) electrons. The molecule has 1 heterocycles. The average molecular weight is 291 g/mol. The van der Waals surface area contributed by atoms with E-state index in [1.165, 1.54) is 6.92 Å². The first-order chi connectivity index (χ1) is 9.78. The van der Waals surface area contributed by atoms with Crippen LogP contribution in [0, 0.1) is 0 Å². The molecule has 1 atom stereocenters. The number of nitrogens with zero attached hydrogens (tertiary/aromatic N) is 1. The Hall–Kier alpha value is -2.04. The molecule has 2 rings (SSSR count). The van der Waals surface area contributed by atoms with Crippen LogP contribution in [0.25, 0.3) is 0 Å². The van der Waals surface area contributed by atoms with Crippen LogP contribution in [-0.2, 0) is 14.3 Å². The van der Waals surface area contributed by atoms with E-state index in [-0.39, 0.29) is 18.2 Å². The Morgan fingerprint density at radius 3 is 2.52 bits per heavy atom. The summed E-state index contributed by atoms with van der Waals surface area (Å²) in [6, 6.07) is 7.44. The van der Waals surface area contributed by atoms with Gasteiger partial charge < -0.3 is 9.47 Å². The molecular weight excluding hydrogens is 270 g/mol. The molecular formula is C16H21NO4. The molecule has 5 nitrogen and oxygen atoms in total. The van der Waals surface area contributed by atoms with Gasteiger partial charge in [0.05, 0.1) is 5.69 Å². The Bertz CT molecular complexity index is 547. The van der Waals surface area contributed by atoms with E-state index in [0.29, 0.717) is 13.0 Å². The molecule has 0 aromatic heterocycles. The second-order valence-electron chi connectivity index (χ2n) is 6.08. The standard InChI is InChI=1S/C16H21NO4/c1-11(18)20-14-9-10-17(15(19)21-16(2,3)4)13-8-6-5-7-12(13)14/h5-8,14H,9-10H2,1-4H3/t14-/m1/s1. The van der Waals surface area contributed by atoms with Crippen LogP contribution in [0.5, 0.6) is 0 Å². The third-order valence-corrected chi connectivity index (χ3v) is 3.11. The van der Waals surface area contributed by atoms with Gasteiger partial charge >= 0.3 is 12.1 Å². The number of amides is 1. The van der Waals surface area contributed by atoms with Gasteiger partial charge in [0.25, 0.3) is 0 Å². The fourth-order valence-electron chi connectivity index (χ4n) is 2.36. The number of rotatable bonds is 1. The van der Waals surface area contributed by atoms with Gasteiger partial charge in [0, 0.05) is 25.5 Å². The quantitative estimate of drug-likeness (QED) is 0.744. The van der Waals surface area contributed by atoms with Crippen molar-refractivity contribution in [1.82, 2.24) is 0 Å². The van der Waals surface area contributed by atoms with E-state index in [9.17, 15) is 9.59 Å². The normalized spacial score (nSPS) is 17.9. The van der Waals surface area contributed by atoms with Gasteiger partial charge in [0.2, 0.25) is 0 Å². The predicted molar refractivity (Wildman–Crippen MR) is 79.1 cm³/mol. The van der Waals surface area contributed by atoms with E-state index in [1.54, 1.807) is 4.90 Å². The first-order valence-electron chi connectivity index (χ1n) is 7.04. The molecule has 0 saturated carbocycles. The van der Waals surface area contributed by atoms with E-state index in [0.717, 1.165) is 11.3 Å². The summed E-state index contributed by atoms with van der Waals surface area (Å²) in [6.45, 7) is 7.36. The summed E-state index contributed by atoms with van der Waals surface area (Å²) in [5.41, 5.74) is 1.03. The van der Waals surface area contributed by atoms with Gasteiger partial charge in [-0.1, -0.05) is 18.2 Å². The van der Waals surface area contributed by atoms with E-state index in [1.807, 2.05) is 45.0 Å². The van der Waals surface area contributed by atoms with E-state index >= 15 is 0 Å². The zero-order valence-electron chi connectivity index (χ0n) is 12.9. The molecule has 114 valence electrons. The number of fused-ring (bicyclic) bond motifs is 1. The van der Waals surface area contributed by atoms with Gasteiger partial charge in [-0.05, 0) is 26.8 Å². The van der Waals surface area contributed by atoms with Crippen molar-refractivity contribution in [2.45, 2.75) is 45.8 Å². The Kier molecular flexibility index (Phi) is 4.21. The second kappa shape index (κ2) is 5.76. The molecule has 1 aliphatic rings. The number of para-hydroxylation sites is 1. The van der Waals surface area contributed by atoms with Gasteiger partial charge in [-0.25, -0.2) is 4.79 Å². The lowest BCUT2D eigenvalue weighted by molar-refractivity contribution is -0.147. The Morgan fingerprint density at radius 1 is 1.24 bits per heavy atom. The Morgan fingerprint density at radius 2 is 1.90 bits per heavy atom. The van der Waals surface area contributed by atoms with Crippen LogP contribution in [0.3, 0.4) is 0 Å². The summed E-state index contributed by atoms with van der Waals surface area (Å²) in [4.78, 5) is 25.1. The maximum absolute atomic E-state index is 12.3. The highest BCUT2D eigenvalue weighted by molar-refractivity contribution is 5.89. The number of hydrogen-bond donors (Lipinski definition) is 0. The fraction of sp³-hybridized carbons (Fsp3) is 0.500. The summed E-state index contributed by atoms with van der Waals surface area (Å²) >= 11 is 0. The Balaban J connectivity index is 2.27. The number of benzene rings is 1. The van der Waals surface area contributed by atoms with Crippen LogP contribution in [0.1, 0.15) is 45.8 Å². The molecule has 5 heteroatoms. The van der Waals surface area contributed by atoms with Crippen molar-refractivity contribution in [2.24, 2.45) is 0 Å². The minimum Gasteiger partial charge on any atom is -0.458 e. The number of anilines is 1. The molecule has 0 unspecified atom stereocenters. The van der Waals surface area contributed by atoms with Crippen LogP contribution in [0.2, 0.25) is 0 Å². The van der Waals surface area contributed by atoms with Crippen molar-refractivity contribution in [3.05, 3.63) is 29.8 Å². The third-order valence-electron chi connectivity index (χ3n) is 3.11. The van der Waals surface area contributed by atoms with E-state index < -0.39 is 5.60 Å². The van der Waals surface area contributed by atoms with Crippen molar-refractivity contribution in [3.63, 3.8) is 0 Å². The summed E-state index contributed by atoms with van der Waals surface area (Å²) < 4.78 is 10.8. The van der Waals surface area contributed by atoms with Crippen LogP contribution >= 0.6 is 0 Å². The molecule has 0 aliphatic carbocycles. The first-order valence-corrected chi connectivity index (χ1v) is 7.04. The summed E-state index contributed by atoms with van der Waals surface area (Å²) in [5.74, 6) is -0.319. The SMILES string of the molecule is CC(=O)O[C@@H]1CCN(C(=O)OC(C)(C)C)c2ccccc21. The molecule has 0 bridgehead atoms. The number of ether oxygens (including phenoxy) is 2. The van der Waals surface area contributed by atoms with Crippen molar-refractivity contribution < 1.29 is 19.1 Å². The van der Waals surface area contributed by atoms with Crippen LogP contribution in [-0.4, -0.2) is 24.2 Å². The zero-order valence-corrected chi connectivity index (χ0v) is 12.9. The van der Waals surface area contributed by atoms with Gasteiger partial charge in [-0.2, -0.15) is 0 Å². The lowest BCUT2D eigenvalue weighted by Gasteiger charge is -2.34. The highest BCUT2D eigenvalue weighted by Crippen LogP contribution is 2.36. The maximum atomic E-state index is 12.3. The minimum atomic E-state index is -0.543. The highest BCUT2D eigenvalue weighted by Gasteiger charge is 2.32. The highest BCUT2D eigenvalue weighted by atomic mass is 16.6. The largest absolute Gasteiger partial charge is 0.458 e. The molecule has 1 aliphatic heterocycles. The molecule has 0 saturated heterocycles. The lowest BCUT2D eigenvalue weighted by atomic mass is 9.99. The zero-order chi connectivity index (χ0) is 15.6. The smallest absolute Gasteiger partial charge is 0.414 e. The van der Waals surface area contributed by atoms with Crippen molar-refractivity contribution in [1.29, 1.82) is 0 Å². The monoisotopic (exact) mass is 291 g/mol. The molecule has 21 heavy (non-hydrogen) atoms. The van der Waals surface area contributed by atoms with Crippen LogP contribution in [0.15, 0.2) is 24.3 Å². The first kappa shape index (κ1) is 15.4. The number of carbonyl (C=O) groups excluding carboxylic acids is 2. The van der Waals surface area contributed by atoms with Crippen LogP contribution < -0.4 is 4.90 Å². The van der Waals surface area contributed by atoms with Gasteiger partial charge in [0.15, 0.2) is 0 Å². The van der Waals surface area contributed by atoms with Crippen molar-refractivity contribution >= 4 is 17.7 Å². The van der Waals surface area contributed by atoms with Gasteiger partial charge in [-0.15, -0.1) is 0 Å². The third kappa shape index (κ3) is 3.74. The van der Waals surface area contributed by atoms with Gasteiger partial charge in [-0.3, -0.25) is 9.69 Å². The topological polar surface area (TPSA) is 55.8 Å². The van der Waals surface area contributed by atoms with Crippen LogP contribution in [0.4, 0.5) is 10.5 Å². The number of esters is 1. The molecule has 1 aromatic rings. The lowest BCUT2D eigenvalue weighted by Crippen LogP contribution is -2.41. The fourth-order valence-corrected chi connectivity index (χ4v) is 2.36. The summed E-state index contributed by atoms with van der Waals surface area (Å²) in [5, 5.41) is 0. The second-order valence-corrected chi connectivity index (χ2v) is 6.08. The van der Waals surface area contributed by atoms with E-state index in [4.69, 9.17) is 9.47 Å². The molecule has 0 N–H and O–H groups in total. The average Bonchev–Trinajstić information content (AvgIpc) is 2.36. The molecule has 1 amide bonds. The molecule has 1 aromatic carbocycles. The summed E-state index contributed by atoms with van der Waals surface area (Å²) in [7, 11) is 0. The number of carbonyl (C=O) groups is 2. The maximum Gasteiger partial charge on any atom is 0.414 e. The van der Waals surface area contributed by atoms with Crippen molar-refractivity contribution in [3.8, 4) is 0 Å². The number of hydrogen-bond acceptors (Lipinski definition) is 4. The summed E-state index contributed by atoms with van der Waals surface area (Å²) in [6.07, 6.45) is -0.121. The van der Waals surface area contributed by atoms with E-state index in [2.05, 4.69) is 0 Å². The van der Waals surface area contributed by atoms with Gasteiger partial charge in [0.1, 0.15) is 11.7 Å². The Labute approximate surface area is 124 Å². The molecule has 0 fully saturated rings. The minimum absolute atomic E-state index is 0.308. The predicted octanol–water partition coefficient (Wildman–Crippen LogP) is 3.44. The van der Waals surface area contributed by atoms with Crippen molar-refractivity contribution in [2.75, 3.05) is 11.4 Å².